The van der Waals surface area contributed by atoms with Crippen molar-refractivity contribution < 1.29 is 14.7 Å². The van der Waals surface area contributed by atoms with Gasteiger partial charge in [0.15, 0.2) is 0 Å². The highest BCUT2D eigenvalue weighted by atomic mass is 16.4. The highest BCUT2D eigenvalue weighted by molar-refractivity contribution is 5.93. The molecule has 0 saturated heterocycles. The molecule has 1 aromatic heterocycles. The van der Waals surface area contributed by atoms with E-state index in [0.29, 0.717) is 37.9 Å². The van der Waals surface area contributed by atoms with Gasteiger partial charge in [-0.05, 0) is 70.4 Å². The lowest BCUT2D eigenvalue weighted by Crippen LogP contribution is -2.33. The van der Waals surface area contributed by atoms with Gasteiger partial charge in [0.1, 0.15) is 0 Å². The monoisotopic (exact) mass is 478 g/mol. The molecule has 1 amide bonds. The Kier molecular flexibility index (Phi) is 17.2. The molecule has 0 radical (unpaired) electrons. The second kappa shape index (κ2) is 20.2. The molecule has 0 fully saturated rings. The molecule has 0 aliphatic rings. The first-order valence-electron chi connectivity index (χ1n) is 12.8. The van der Waals surface area contributed by atoms with Gasteiger partial charge >= 0.3 is 5.97 Å². The Labute approximate surface area is 211 Å². The van der Waals surface area contributed by atoms with Crippen molar-refractivity contribution in [2.45, 2.75) is 65.2 Å². The summed E-state index contributed by atoms with van der Waals surface area (Å²) in [7, 11) is 0. The van der Waals surface area contributed by atoms with Crippen molar-refractivity contribution in [3.8, 4) is 0 Å². The van der Waals surface area contributed by atoms with Crippen LogP contribution in [-0.4, -0.2) is 40.0 Å². The lowest BCUT2D eigenvalue weighted by atomic mass is 9.99. The minimum Gasteiger partial charge on any atom is -0.481 e. The van der Waals surface area contributed by atoms with Gasteiger partial charge in [0.25, 0.3) is 5.91 Å². The summed E-state index contributed by atoms with van der Waals surface area (Å²) in [5, 5.41) is 9.58. The maximum absolute atomic E-state index is 12.6. The van der Waals surface area contributed by atoms with Crippen molar-refractivity contribution in [1.29, 1.82) is 0 Å². The Bertz CT molecular complexity index is 854. The lowest BCUT2D eigenvalue weighted by molar-refractivity contribution is -0.142. The second-order valence-electron chi connectivity index (χ2n) is 8.24. The van der Waals surface area contributed by atoms with Crippen LogP contribution >= 0.6 is 0 Å². The Morgan fingerprint density at radius 1 is 0.886 bits per heavy atom. The van der Waals surface area contributed by atoms with Crippen LogP contribution in [0.25, 0.3) is 0 Å². The van der Waals surface area contributed by atoms with E-state index in [2.05, 4.69) is 66.6 Å². The fraction of sp³-hybridized carbons (Fsp3) is 0.433. The van der Waals surface area contributed by atoms with Gasteiger partial charge in [-0.1, -0.05) is 67.7 Å². The quantitative estimate of drug-likeness (QED) is 0.227. The minimum atomic E-state index is -0.803. The van der Waals surface area contributed by atoms with Gasteiger partial charge in [-0.3, -0.25) is 14.6 Å². The lowest BCUT2D eigenvalue weighted by Gasteiger charge is -2.22. The summed E-state index contributed by atoms with van der Waals surface area (Å²) >= 11 is 0. The summed E-state index contributed by atoms with van der Waals surface area (Å²) in [5.74, 6) is -1.38. The number of aromatic nitrogens is 1. The van der Waals surface area contributed by atoms with Crippen LogP contribution in [0.4, 0.5) is 0 Å². The zero-order valence-electron chi connectivity index (χ0n) is 21.4. The van der Waals surface area contributed by atoms with E-state index in [4.69, 9.17) is 0 Å². The molecule has 5 nitrogen and oxygen atoms in total. The van der Waals surface area contributed by atoms with Crippen LogP contribution < -0.4 is 0 Å². The van der Waals surface area contributed by atoms with Gasteiger partial charge in [-0.15, -0.1) is 0 Å². The molecule has 190 valence electrons. The van der Waals surface area contributed by atoms with Gasteiger partial charge < -0.3 is 10.0 Å². The molecule has 1 heterocycles. The van der Waals surface area contributed by atoms with Gasteiger partial charge in [-0.25, -0.2) is 0 Å². The maximum atomic E-state index is 12.6. The zero-order chi connectivity index (χ0) is 25.6. The van der Waals surface area contributed by atoms with Crippen molar-refractivity contribution in [3.05, 3.63) is 90.9 Å². The van der Waals surface area contributed by atoms with E-state index >= 15 is 0 Å². The first kappa shape index (κ1) is 29.8. The number of nitrogens with zero attached hydrogens (tertiary/aromatic N) is 2. The van der Waals surface area contributed by atoms with E-state index in [1.807, 2.05) is 13.0 Å². The van der Waals surface area contributed by atoms with Crippen LogP contribution in [0.5, 0.6) is 0 Å². The SMILES string of the molecule is CCC=CCC=CCC=CCC=CCC=CCCC(CCN(CC)C(=O)c1cccnc1)C(=O)O. The van der Waals surface area contributed by atoms with E-state index in [1.54, 1.807) is 29.4 Å². The third kappa shape index (κ3) is 14.6. The van der Waals surface area contributed by atoms with E-state index in [9.17, 15) is 14.7 Å². The van der Waals surface area contributed by atoms with Gasteiger partial charge in [0.05, 0.1) is 11.5 Å². The van der Waals surface area contributed by atoms with Crippen LogP contribution in [0, 0.1) is 5.92 Å². The molecule has 0 aromatic carbocycles. The molecule has 35 heavy (non-hydrogen) atoms. The Balaban J connectivity index is 2.26. The van der Waals surface area contributed by atoms with Crippen molar-refractivity contribution in [2.75, 3.05) is 13.1 Å². The molecule has 0 spiro atoms. The van der Waals surface area contributed by atoms with Crippen LogP contribution in [-0.2, 0) is 4.79 Å². The van der Waals surface area contributed by atoms with Crippen molar-refractivity contribution >= 4 is 11.9 Å². The summed E-state index contributed by atoms with van der Waals surface area (Å²) in [6, 6.07) is 3.46. The Morgan fingerprint density at radius 2 is 1.46 bits per heavy atom. The average molecular weight is 479 g/mol. The number of allylic oxidation sites excluding steroid dienone is 10. The molecule has 1 rings (SSSR count). The topological polar surface area (TPSA) is 70.5 Å². The Morgan fingerprint density at radius 3 is 1.94 bits per heavy atom. The van der Waals surface area contributed by atoms with E-state index < -0.39 is 11.9 Å². The smallest absolute Gasteiger partial charge is 0.306 e. The number of carboxylic acids is 1. The van der Waals surface area contributed by atoms with Crippen molar-refractivity contribution in [3.63, 3.8) is 0 Å². The van der Waals surface area contributed by atoms with Gasteiger partial charge in [0, 0.05) is 25.5 Å². The van der Waals surface area contributed by atoms with E-state index in [-0.39, 0.29) is 5.91 Å². The number of hydrogen-bond acceptors (Lipinski definition) is 3. The number of pyridine rings is 1. The first-order chi connectivity index (χ1) is 17.1. The molecule has 0 aliphatic carbocycles. The van der Waals surface area contributed by atoms with Gasteiger partial charge in [0.2, 0.25) is 0 Å². The van der Waals surface area contributed by atoms with Gasteiger partial charge in [-0.2, -0.15) is 0 Å². The summed E-state index contributed by atoms with van der Waals surface area (Å²) in [4.78, 5) is 29.9. The maximum Gasteiger partial charge on any atom is 0.306 e. The number of aliphatic carboxylic acids is 1. The number of carbonyl (C=O) groups is 2. The largest absolute Gasteiger partial charge is 0.481 e. The van der Waals surface area contributed by atoms with Crippen LogP contribution in [0.2, 0.25) is 0 Å². The van der Waals surface area contributed by atoms with Crippen LogP contribution in [0.1, 0.15) is 75.6 Å². The molecule has 0 bridgehead atoms. The van der Waals surface area contributed by atoms with E-state index in [1.165, 1.54) is 0 Å². The first-order valence-corrected chi connectivity index (χ1v) is 12.8. The fourth-order valence-corrected chi connectivity index (χ4v) is 3.44. The third-order valence-electron chi connectivity index (χ3n) is 5.51. The molecule has 1 atom stereocenters. The minimum absolute atomic E-state index is 0.109. The molecule has 0 aliphatic heterocycles. The number of amides is 1. The van der Waals surface area contributed by atoms with Crippen LogP contribution in [0.3, 0.4) is 0 Å². The predicted octanol–water partition coefficient (Wildman–Crippen LogP) is 7.17. The summed E-state index contributed by atoms with van der Waals surface area (Å²) in [6.07, 6.45) is 31.2. The number of carbonyl (C=O) groups excluding carboxylic acids is 1. The normalized spacial score (nSPS) is 13.1. The highest BCUT2D eigenvalue weighted by Gasteiger charge is 2.20. The molecular formula is C30H42N2O3. The molecule has 0 saturated carbocycles. The van der Waals surface area contributed by atoms with Crippen molar-refractivity contribution in [1.82, 2.24) is 9.88 Å². The Hall–Kier alpha value is -3.21. The fourth-order valence-electron chi connectivity index (χ4n) is 3.44. The summed E-state index contributed by atoms with van der Waals surface area (Å²) in [6.45, 7) is 5.00. The molecule has 5 heteroatoms. The molecule has 1 aromatic rings. The van der Waals surface area contributed by atoms with Crippen LogP contribution in [0.15, 0.2) is 85.3 Å². The predicted molar refractivity (Wildman–Crippen MR) is 145 cm³/mol. The molecule has 1 unspecified atom stereocenters. The third-order valence-corrected chi connectivity index (χ3v) is 5.51. The number of carboxylic acid groups (broad SMARTS) is 1. The zero-order valence-corrected chi connectivity index (χ0v) is 21.4. The number of hydrogen-bond donors (Lipinski definition) is 1. The summed E-state index contributed by atoms with van der Waals surface area (Å²) < 4.78 is 0. The standard InChI is InChI=1S/C30H42N2O3/c1-3-5-6-7-8-9-10-11-12-13-14-15-16-17-18-19-21-27(30(34)35)23-25-32(4-2)29(33)28-22-20-24-31-26-28/h5-6,8-9,11-12,14-15,17-18,20,22,24,26-27H,3-4,7,10,13,16,19,21,23,25H2,1-2H3,(H,34,35). The van der Waals surface area contributed by atoms with E-state index in [0.717, 1.165) is 32.1 Å². The van der Waals surface area contributed by atoms with Crippen molar-refractivity contribution in [2.24, 2.45) is 5.92 Å². The second-order valence-corrected chi connectivity index (χ2v) is 8.24. The highest BCUT2D eigenvalue weighted by Crippen LogP contribution is 2.15. The molecule has 1 N–H and O–H groups in total. The average Bonchev–Trinajstić information content (AvgIpc) is 2.87. The molecular weight excluding hydrogens is 436 g/mol. The summed E-state index contributed by atoms with van der Waals surface area (Å²) in [5.41, 5.74) is 0.528. The number of rotatable bonds is 18.